The Labute approximate surface area is 182 Å². The van der Waals surface area contributed by atoms with Gasteiger partial charge in [-0.15, -0.1) is 11.3 Å². The first kappa shape index (κ1) is 23.8. The standard InChI is InChI=1S/C24H30O5S/c1-19(17-29-24(27)15-14-23(25)26)10-11-22-13-12-21(30-22)9-5-6-16-28-18-20-7-3-2-4-8-20/h2-4,7-8,12-15,19H,5-6,9-11,16-18H2,1H3,(H,25,26). The van der Waals surface area contributed by atoms with Gasteiger partial charge in [-0.3, -0.25) is 0 Å². The fraction of sp³-hybridized carbons (Fsp3) is 0.417. The molecule has 5 nitrogen and oxygen atoms in total. The lowest BCUT2D eigenvalue weighted by Crippen LogP contribution is -2.11. The Balaban J connectivity index is 1.55. The van der Waals surface area contributed by atoms with Gasteiger partial charge in [0.05, 0.1) is 13.2 Å². The van der Waals surface area contributed by atoms with Crippen molar-refractivity contribution in [2.75, 3.05) is 13.2 Å². The number of rotatable bonds is 14. The molecule has 0 amide bonds. The number of hydrogen-bond donors (Lipinski definition) is 1. The summed E-state index contributed by atoms with van der Waals surface area (Å²) in [6.45, 7) is 3.78. The highest BCUT2D eigenvalue weighted by atomic mass is 32.1. The molecule has 2 aromatic rings. The molecule has 0 spiro atoms. The van der Waals surface area contributed by atoms with E-state index in [0.717, 1.165) is 50.9 Å². The van der Waals surface area contributed by atoms with E-state index in [4.69, 9.17) is 14.6 Å². The maximum atomic E-state index is 11.4. The van der Waals surface area contributed by atoms with Crippen LogP contribution in [0.1, 0.15) is 41.5 Å². The molecular formula is C24H30O5S. The molecule has 6 heteroatoms. The summed E-state index contributed by atoms with van der Waals surface area (Å²) < 4.78 is 10.8. The molecule has 1 N–H and O–H groups in total. The van der Waals surface area contributed by atoms with Crippen LogP contribution < -0.4 is 0 Å². The van der Waals surface area contributed by atoms with E-state index < -0.39 is 11.9 Å². The Kier molecular flexibility index (Phi) is 10.9. The number of ether oxygens (including phenoxy) is 2. The van der Waals surface area contributed by atoms with Gasteiger partial charge in [-0.1, -0.05) is 37.3 Å². The molecule has 0 bridgehead atoms. The predicted molar refractivity (Wildman–Crippen MR) is 119 cm³/mol. The Bertz CT molecular complexity index is 797. The summed E-state index contributed by atoms with van der Waals surface area (Å²) in [7, 11) is 0. The second-order valence-electron chi connectivity index (χ2n) is 7.31. The number of carbonyl (C=O) groups excluding carboxylic acids is 1. The van der Waals surface area contributed by atoms with E-state index in [-0.39, 0.29) is 5.92 Å². The zero-order chi connectivity index (χ0) is 21.6. The lowest BCUT2D eigenvalue weighted by atomic mass is 10.1. The molecule has 30 heavy (non-hydrogen) atoms. The van der Waals surface area contributed by atoms with Crippen molar-refractivity contribution in [3.63, 3.8) is 0 Å². The molecule has 0 radical (unpaired) electrons. The third-order valence-electron chi connectivity index (χ3n) is 4.55. The van der Waals surface area contributed by atoms with Crippen molar-refractivity contribution in [2.24, 2.45) is 5.92 Å². The monoisotopic (exact) mass is 430 g/mol. The van der Waals surface area contributed by atoms with Gasteiger partial charge in [0, 0.05) is 28.5 Å². The Hall–Kier alpha value is -2.44. The van der Waals surface area contributed by atoms with Crippen LogP contribution in [0.15, 0.2) is 54.6 Å². The number of esters is 1. The van der Waals surface area contributed by atoms with Crippen molar-refractivity contribution >= 4 is 23.3 Å². The highest BCUT2D eigenvalue weighted by Gasteiger charge is 2.08. The smallest absolute Gasteiger partial charge is 0.331 e. The van der Waals surface area contributed by atoms with Crippen molar-refractivity contribution in [2.45, 2.75) is 45.6 Å². The molecule has 2 rings (SSSR count). The molecule has 0 saturated heterocycles. The van der Waals surface area contributed by atoms with Crippen LogP contribution in [0, 0.1) is 5.92 Å². The minimum atomic E-state index is -1.16. The van der Waals surface area contributed by atoms with Gasteiger partial charge in [0.2, 0.25) is 0 Å². The highest BCUT2D eigenvalue weighted by molar-refractivity contribution is 7.11. The molecule has 1 unspecified atom stereocenters. The summed E-state index contributed by atoms with van der Waals surface area (Å²) >= 11 is 1.85. The molecule has 162 valence electrons. The molecule has 0 aliphatic rings. The van der Waals surface area contributed by atoms with E-state index >= 15 is 0 Å². The molecule has 0 saturated carbocycles. The van der Waals surface area contributed by atoms with Crippen LogP contribution in [-0.2, 0) is 38.5 Å². The molecule has 0 fully saturated rings. The average Bonchev–Trinajstić information content (AvgIpc) is 3.20. The van der Waals surface area contributed by atoms with Gasteiger partial charge in [0.1, 0.15) is 0 Å². The van der Waals surface area contributed by atoms with E-state index in [0.29, 0.717) is 13.2 Å². The summed E-state index contributed by atoms with van der Waals surface area (Å²) in [6.07, 6.45) is 6.84. The predicted octanol–water partition coefficient (Wildman–Crippen LogP) is 5.04. The quantitative estimate of drug-likeness (QED) is 0.258. The van der Waals surface area contributed by atoms with E-state index in [1.165, 1.54) is 15.3 Å². The SMILES string of the molecule is CC(CCc1ccc(CCCCOCc2ccccc2)s1)COC(=O)C=CC(=O)O. The first-order valence-corrected chi connectivity index (χ1v) is 11.1. The van der Waals surface area contributed by atoms with Crippen LogP contribution in [-0.4, -0.2) is 30.3 Å². The number of carboxylic acid groups (broad SMARTS) is 1. The second kappa shape index (κ2) is 13.7. The van der Waals surface area contributed by atoms with Gasteiger partial charge in [-0.05, 0) is 55.7 Å². The maximum absolute atomic E-state index is 11.4. The van der Waals surface area contributed by atoms with Gasteiger partial charge < -0.3 is 14.6 Å². The van der Waals surface area contributed by atoms with Gasteiger partial charge in [0.15, 0.2) is 0 Å². The van der Waals surface area contributed by atoms with Gasteiger partial charge in [-0.2, -0.15) is 0 Å². The second-order valence-corrected chi connectivity index (χ2v) is 8.56. The molecule has 1 heterocycles. The van der Waals surface area contributed by atoms with Crippen LogP contribution in [0.2, 0.25) is 0 Å². The maximum Gasteiger partial charge on any atom is 0.331 e. The van der Waals surface area contributed by atoms with Crippen LogP contribution in [0.3, 0.4) is 0 Å². The van der Waals surface area contributed by atoms with Crippen molar-refractivity contribution in [1.29, 1.82) is 0 Å². The van der Waals surface area contributed by atoms with E-state index in [1.807, 2.05) is 36.5 Å². The number of aryl methyl sites for hydroxylation is 2. The Morgan fingerprint density at radius 2 is 1.77 bits per heavy atom. The lowest BCUT2D eigenvalue weighted by Gasteiger charge is -2.10. The molecule has 1 atom stereocenters. The number of unbranched alkanes of at least 4 members (excludes halogenated alkanes) is 1. The molecule has 1 aromatic heterocycles. The minimum Gasteiger partial charge on any atom is -0.478 e. The summed E-state index contributed by atoms with van der Waals surface area (Å²) in [5, 5.41) is 8.49. The average molecular weight is 431 g/mol. The first-order valence-electron chi connectivity index (χ1n) is 10.3. The summed E-state index contributed by atoms with van der Waals surface area (Å²) in [4.78, 5) is 24.5. The third-order valence-corrected chi connectivity index (χ3v) is 5.75. The van der Waals surface area contributed by atoms with E-state index in [2.05, 4.69) is 24.3 Å². The number of carboxylic acids is 1. The minimum absolute atomic E-state index is 0.222. The van der Waals surface area contributed by atoms with E-state index in [1.54, 1.807) is 0 Å². The molecular weight excluding hydrogens is 400 g/mol. The first-order chi connectivity index (χ1) is 14.5. The van der Waals surface area contributed by atoms with Crippen LogP contribution in [0.5, 0.6) is 0 Å². The largest absolute Gasteiger partial charge is 0.478 e. The molecule has 0 aliphatic heterocycles. The summed E-state index contributed by atoms with van der Waals surface area (Å²) in [6, 6.07) is 14.6. The highest BCUT2D eigenvalue weighted by Crippen LogP contribution is 2.21. The van der Waals surface area contributed by atoms with Crippen molar-refractivity contribution in [1.82, 2.24) is 0 Å². The van der Waals surface area contributed by atoms with Crippen LogP contribution >= 0.6 is 11.3 Å². The third kappa shape index (κ3) is 10.4. The fourth-order valence-electron chi connectivity index (χ4n) is 2.84. The number of aliphatic carboxylic acids is 1. The van der Waals surface area contributed by atoms with Crippen molar-refractivity contribution in [3.8, 4) is 0 Å². The Morgan fingerprint density at radius 1 is 1.03 bits per heavy atom. The molecule has 0 aliphatic carbocycles. The van der Waals surface area contributed by atoms with Crippen molar-refractivity contribution in [3.05, 3.63) is 69.9 Å². The van der Waals surface area contributed by atoms with Gasteiger partial charge in [0.25, 0.3) is 0 Å². The zero-order valence-electron chi connectivity index (χ0n) is 17.4. The molecule has 1 aromatic carbocycles. The number of hydrogen-bond acceptors (Lipinski definition) is 5. The number of benzene rings is 1. The topological polar surface area (TPSA) is 72.8 Å². The van der Waals surface area contributed by atoms with E-state index in [9.17, 15) is 9.59 Å². The summed E-state index contributed by atoms with van der Waals surface area (Å²) in [5.41, 5.74) is 1.21. The van der Waals surface area contributed by atoms with Gasteiger partial charge in [-0.25, -0.2) is 9.59 Å². The van der Waals surface area contributed by atoms with Crippen molar-refractivity contribution < 1.29 is 24.2 Å². The normalized spacial score (nSPS) is 12.2. The van der Waals surface area contributed by atoms with Crippen LogP contribution in [0.25, 0.3) is 0 Å². The Morgan fingerprint density at radius 3 is 2.50 bits per heavy atom. The zero-order valence-corrected chi connectivity index (χ0v) is 18.2. The lowest BCUT2D eigenvalue weighted by molar-refractivity contribution is -0.139. The van der Waals surface area contributed by atoms with Gasteiger partial charge >= 0.3 is 11.9 Å². The number of carbonyl (C=O) groups is 2. The summed E-state index contributed by atoms with van der Waals surface area (Å²) in [5.74, 6) is -1.55. The van der Waals surface area contributed by atoms with Crippen LogP contribution in [0.4, 0.5) is 0 Å². The fourth-order valence-corrected chi connectivity index (χ4v) is 3.92. The number of thiophene rings is 1.